The second-order valence-corrected chi connectivity index (χ2v) is 8.71. The molecule has 2 aliphatic rings. The van der Waals surface area contributed by atoms with Gasteiger partial charge in [0.25, 0.3) is 0 Å². The molecule has 1 fully saturated rings. The third-order valence-electron chi connectivity index (χ3n) is 6.64. The van der Waals surface area contributed by atoms with Crippen LogP contribution in [0.2, 0.25) is 0 Å². The van der Waals surface area contributed by atoms with E-state index in [1.165, 1.54) is 6.08 Å². The first-order valence-electron chi connectivity index (χ1n) is 11.0. The zero-order chi connectivity index (χ0) is 22.9. The number of carbonyl (C=O) groups is 2. The van der Waals surface area contributed by atoms with Crippen LogP contribution in [-0.2, 0) is 38.3 Å². The first-order chi connectivity index (χ1) is 16.0. The van der Waals surface area contributed by atoms with E-state index in [1.54, 1.807) is 6.08 Å². The van der Waals surface area contributed by atoms with Gasteiger partial charge in [0.2, 0.25) is 5.60 Å². The molecule has 0 unspecified atom stereocenters. The van der Waals surface area contributed by atoms with Crippen LogP contribution in [0.1, 0.15) is 16.7 Å². The fourth-order valence-electron chi connectivity index (χ4n) is 5.05. The molecular formula is C28H24O5. The molecule has 166 valence electrons. The first kappa shape index (κ1) is 21.2. The van der Waals surface area contributed by atoms with E-state index in [-0.39, 0.29) is 19.3 Å². The van der Waals surface area contributed by atoms with E-state index < -0.39 is 28.7 Å². The summed E-state index contributed by atoms with van der Waals surface area (Å²) in [6.45, 7) is 0. The van der Waals surface area contributed by atoms with Crippen LogP contribution in [0.15, 0.2) is 103 Å². The molecule has 0 amide bonds. The van der Waals surface area contributed by atoms with E-state index in [2.05, 4.69) is 0 Å². The molecule has 0 radical (unpaired) electrons. The molecule has 0 bridgehead atoms. The fourth-order valence-corrected chi connectivity index (χ4v) is 5.05. The van der Waals surface area contributed by atoms with Crippen LogP contribution in [0.4, 0.5) is 0 Å². The summed E-state index contributed by atoms with van der Waals surface area (Å²) in [4.78, 5) is 26.1. The summed E-state index contributed by atoms with van der Waals surface area (Å²) in [6.07, 6.45) is 3.21. The highest BCUT2D eigenvalue weighted by Gasteiger charge is 2.77. The maximum Gasteiger partial charge on any atom is 0.344 e. The lowest BCUT2D eigenvalue weighted by molar-refractivity contribution is -0.202. The first-order valence-corrected chi connectivity index (χ1v) is 11.0. The Morgan fingerprint density at radius 2 is 1.12 bits per heavy atom. The SMILES string of the molecule is O=C1C=C[C@]2(Cc3ccccc3)OC(=O)[C@](O)(Cc3ccccc3)[C@]2(Cc2ccccc2)O1. The molecule has 3 atom stereocenters. The smallest absolute Gasteiger partial charge is 0.344 e. The number of benzene rings is 3. The van der Waals surface area contributed by atoms with E-state index in [9.17, 15) is 14.7 Å². The Morgan fingerprint density at radius 1 is 0.636 bits per heavy atom. The largest absolute Gasteiger partial charge is 0.448 e. The van der Waals surface area contributed by atoms with Gasteiger partial charge in [0.05, 0.1) is 0 Å². The zero-order valence-corrected chi connectivity index (χ0v) is 18.0. The molecule has 5 heteroatoms. The lowest BCUT2D eigenvalue weighted by Gasteiger charge is -2.47. The van der Waals surface area contributed by atoms with Gasteiger partial charge in [-0.05, 0) is 22.8 Å². The average molecular weight is 440 g/mol. The summed E-state index contributed by atoms with van der Waals surface area (Å²) in [5.41, 5.74) is -2.64. The van der Waals surface area contributed by atoms with Crippen molar-refractivity contribution in [3.05, 3.63) is 120 Å². The molecule has 1 N–H and O–H groups in total. The highest BCUT2D eigenvalue weighted by Crippen LogP contribution is 2.53. The van der Waals surface area contributed by atoms with Crippen LogP contribution >= 0.6 is 0 Å². The molecule has 1 saturated heterocycles. The minimum absolute atomic E-state index is 0.0445. The number of fused-ring (bicyclic) bond motifs is 1. The molecule has 5 rings (SSSR count). The number of ether oxygens (including phenoxy) is 2. The Labute approximate surface area is 192 Å². The van der Waals surface area contributed by atoms with Crippen LogP contribution in [0.5, 0.6) is 0 Å². The van der Waals surface area contributed by atoms with Gasteiger partial charge < -0.3 is 14.6 Å². The molecule has 0 aliphatic carbocycles. The van der Waals surface area contributed by atoms with Gasteiger partial charge in [-0.25, -0.2) is 9.59 Å². The standard InChI is InChI=1S/C28H24O5/c29-24-16-17-26(18-21-10-4-1-5-11-21)28(32-24,20-23-14-8-3-9-15-23)27(31,25(30)33-26)19-22-12-6-2-7-13-22/h1-17,31H,18-20H2/t26-,27-,28-/m1/s1. The van der Waals surface area contributed by atoms with E-state index in [0.29, 0.717) is 0 Å². The topological polar surface area (TPSA) is 72.8 Å². The fraction of sp³-hybridized carbons (Fsp3) is 0.214. The number of aliphatic hydroxyl groups is 1. The Kier molecular flexibility index (Phi) is 5.14. The highest BCUT2D eigenvalue weighted by molar-refractivity contribution is 5.91. The monoisotopic (exact) mass is 440 g/mol. The minimum atomic E-state index is -2.08. The molecule has 0 saturated carbocycles. The van der Waals surface area contributed by atoms with Crippen LogP contribution in [0.25, 0.3) is 0 Å². The number of esters is 2. The highest BCUT2D eigenvalue weighted by atomic mass is 16.6. The van der Waals surface area contributed by atoms with Crippen LogP contribution < -0.4 is 0 Å². The summed E-state index contributed by atoms with van der Waals surface area (Å²) in [5.74, 6) is -1.41. The van der Waals surface area contributed by atoms with Crippen molar-refractivity contribution in [2.45, 2.75) is 36.1 Å². The van der Waals surface area contributed by atoms with Gasteiger partial charge in [0, 0.05) is 25.3 Å². The summed E-state index contributed by atoms with van der Waals surface area (Å²) >= 11 is 0. The van der Waals surface area contributed by atoms with Gasteiger partial charge >= 0.3 is 11.9 Å². The summed E-state index contributed by atoms with van der Waals surface area (Å²) < 4.78 is 12.0. The Morgan fingerprint density at radius 3 is 1.67 bits per heavy atom. The molecule has 0 spiro atoms. The maximum absolute atomic E-state index is 13.5. The summed E-state index contributed by atoms with van der Waals surface area (Å²) in [7, 11) is 0. The van der Waals surface area contributed by atoms with Gasteiger partial charge in [-0.2, -0.15) is 0 Å². The number of carbonyl (C=O) groups excluding carboxylic acids is 2. The second-order valence-electron chi connectivity index (χ2n) is 8.71. The van der Waals surface area contributed by atoms with E-state index >= 15 is 0 Å². The second kappa shape index (κ2) is 8.01. The predicted octanol–water partition coefficient (Wildman–Crippen LogP) is 3.59. The molecule has 3 aromatic carbocycles. The minimum Gasteiger partial charge on any atom is -0.448 e. The molecule has 5 nitrogen and oxygen atoms in total. The average Bonchev–Trinajstić information content (AvgIpc) is 2.99. The zero-order valence-electron chi connectivity index (χ0n) is 18.0. The van der Waals surface area contributed by atoms with Crippen molar-refractivity contribution in [2.75, 3.05) is 0 Å². The van der Waals surface area contributed by atoms with Crippen molar-refractivity contribution in [3.63, 3.8) is 0 Å². The third kappa shape index (κ3) is 3.45. The molecule has 2 heterocycles. The van der Waals surface area contributed by atoms with Crippen LogP contribution in [0.3, 0.4) is 0 Å². The lowest BCUT2D eigenvalue weighted by Crippen LogP contribution is -2.68. The summed E-state index contributed by atoms with van der Waals surface area (Å²) in [6, 6.07) is 28.2. The van der Waals surface area contributed by atoms with Crippen molar-refractivity contribution in [1.29, 1.82) is 0 Å². The quantitative estimate of drug-likeness (QED) is 0.593. The lowest BCUT2D eigenvalue weighted by atomic mass is 9.65. The van der Waals surface area contributed by atoms with Crippen molar-refractivity contribution in [1.82, 2.24) is 0 Å². The van der Waals surface area contributed by atoms with Gasteiger partial charge in [-0.1, -0.05) is 91.0 Å². The summed E-state index contributed by atoms with van der Waals surface area (Å²) in [5, 5.41) is 12.1. The normalized spacial score (nSPS) is 28.2. The van der Waals surface area contributed by atoms with Crippen molar-refractivity contribution in [3.8, 4) is 0 Å². The number of hydrogen-bond acceptors (Lipinski definition) is 5. The predicted molar refractivity (Wildman–Crippen MR) is 122 cm³/mol. The molecule has 0 aromatic heterocycles. The van der Waals surface area contributed by atoms with Gasteiger partial charge in [-0.15, -0.1) is 0 Å². The van der Waals surface area contributed by atoms with E-state index in [0.717, 1.165) is 16.7 Å². The van der Waals surface area contributed by atoms with Gasteiger partial charge in [0.15, 0.2) is 11.2 Å². The Bertz CT molecular complexity index is 1190. The molecular weight excluding hydrogens is 416 g/mol. The van der Waals surface area contributed by atoms with Crippen molar-refractivity contribution in [2.24, 2.45) is 0 Å². The van der Waals surface area contributed by atoms with E-state index in [1.807, 2.05) is 91.0 Å². The van der Waals surface area contributed by atoms with E-state index in [4.69, 9.17) is 9.47 Å². The molecule has 2 aliphatic heterocycles. The van der Waals surface area contributed by atoms with Crippen molar-refractivity contribution < 1.29 is 24.2 Å². The Hall–Kier alpha value is -3.70. The van der Waals surface area contributed by atoms with Gasteiger partial charge in [-0.3, -0.25) is 0 Å². The molecule has 3 aromatic rings. The molecule has 33 heavy (non-hydrogen) atoms. The van der Waals surface area contributed by atoms with Crippen LogP contribution in [0, 0.1) is 0 Å². The number of rotatable bonds is 6. The third-order valence-corrected chi connectivity index (χ3v) is 6.64. The number of hydrogen-bond donors (Lipinski definition) is 1. The van der Waals surface area contributed by atoms with Gasteiger partial charge in [0.1, 0.15) is 0 Å². The Balaban J connectivity index is 1.70. The maximum atomic E-state index is 13.5. The van der Waals surface area contributed by atoms with Crippen LogP contribution in [-0.4, -0.2) is 33.8 Å². The van der Waals surface area contributed by atoms with Crippen molar-refractivity contribution >= 4 is 11.9 Å².